The molecule has 0 heterocycles. The Labute approximate surface area is 168 Å². The van der Waals surface area contributed by atoms with Gasteiger partial charge in [0, 0.05) is 16.8 Å². The van der Waals surface area contributed by atoms with Gasteiger partial charge in [0.05, 0.1) is 0 Å². The molecule has 0 saturated carbocycles. The molecule has 8 heteroatoms. The Morgan fingerprint density at radius 1 is 0.966 bits per heavy atom. The SMILES string of the molecule is Cc1cccc(C(=O)NC(C)C(=O)OC(C)C(=O)Nc2ccc(C(N)=O)cc2)c1. The number of ether oxygens (including phenoxy) is 1. The van der Waals surface area contributed by atoms with Gasteiger partial charge >= 0.3 is 5.97 Å². The number of nitrogens with two attached hydrogens (primary N) is 1. The fourth-order valence-electron chi connectivity index (χ4n) is 2.42. The maximum absolute atomic E-state index is 12.2. The lowest BCUT2D eigenvalue weighted by molar-refractivity contribution is -0.154. The smallest absolute Gasteiger partial charge is 0.329 e. The zero-order chi connectivity index (χ0) is 21.6. The Morgan fingerprint density at radius 2 is 1.62 bits per heavy atom. The number of carbonyl (C=O) groups is 4. The number of esters is 1. The lowest BCUT2D eigenvalue weighted by Gasteiger charge is -2.17. The minimum absolute atomic E-state index is 0.306. The summed E-state index contributed by atoms with van der Waals surface area (Å²) in [6.45, 7) is 4.75. The summed E-state index contributed by atoms with van der Waals surface area (Å²) in [5, 5.41) is 5.11. The summed E-state index contributed by atoms with van der Waals surface area (Å²) in [6, 6.07) is 12.0. The average Bonchev–Trinajstić information content (AvgIpc) is 2.68. The van der Waals surface area contributed by atoms with Crippen LogP contribution in [0.5, 0.6) is 0 Å². The first-order chi connectivity index (χ1) is 13.7. The van der Waals surface area contributed by atoms with Crippen molar-refractivity contribution in [2.75, 3.05) is 5.32 Å². The van der Waals surface area contributed by atoms with E-state index in [1.807, 2.05) is 13.0 Å². The van der Waals surface area contributed by atoms with Crippen molar-refractivity contribution in [1.29, 1.82) is 0 Å². The van der Waals surface area contributed by atoms with E-state index < -0.39 is 35.8 Å². The van der Waals surface area contributed by atoms with E-state index in [0.717, 1.165) is 5.56 Å². The van der Waals surface area contributed by atoms with Crippen molar-refractivity contribution < 1.29 is 23.9 Å². The second kappa shape index (κ2) is 9.50. The number of aryl methyl sites for hydroxylation is 1. The van der Waals surface area contributed by atoms with Crippen LogP contribution >= 0.6 is 0 Å². The van der Waals surface area contributed by atoms with Crippen LogP contribution in [0, 0.1) is 6.92 Å². The van der Waals surface area contributed by atoms with Crippen molar-refractivity contribution in [1.82, 2.24) is 5.32 Å². The van der Waals surface area contributed by atoms with E-state index in [-0.39, 0.29) is 0 Å². The molecule has 2 rings (SSSR count). The van der Waals surface area contributed by atoms with Crippen molar-refractivity contribution in [2.24, 2.45) is 5.73 Å². The van der Waals surface area contributed by atoms with Crippen molar-refractivity contribution in [3.05, 3.63) is 65.2 Å². The molecule has 0 aliphatic carbocycles. The molecule has 0 aliphatic rings. The van der Waals surface area contributed by atoms with E-state index >= 15 is 0 Å². The lowest BCUT2D eigenvalue weighted by atomic mass is 10.1. The Hall–Kier alpha value is -3.68. The van der Waals surface area contributed by atoms with E-state index in [4.69, 9.17) is 10.5 Å². The quantitative estimate of drug-likeness (QED) is 0.614. The standard InChI is InChI=1S/C21H23N3O5/c1-12-5-4-6-16(11-12)20(27)23-13(2)21(28)29-14(3)19(26)24-17-9-7-15(8-10-17)18(22)25/h4-11,13-14H,1-3H3,(H2,22,25)(H,23,27)(H,24,26). The molecule has 152 valence electrons. The highest BCUT2D eigenvalue weighted by atomic mass is 16.5. The normalized spacial score (nSPS) is 12.4. The maximum Gasteiger partial charge on any atom is 0.329 e. The van der Waals surface area contributed by atoms with Gasteiger partial charge in [0.15, 0.2) is 6.10 Å². The zero-order valence-electron chi connectivity index (χ0n) is 16.4. The van der Waals surface area contributed by atoms with E-state index in [2.05, 4.69) is 10.6 Å². The van der Waals surface area contributed by atoms with E-state index in [9.17, 15) is 19.2 Å². The fourth-order valence-corrected chi connectivity index (χ4v) is 2.42. The van der Waals surface area contributed by atoms with Gasteiger partial charge in [-0.1, -0.05) is 17.7 Å². The Bertz CT molecular complexity index is 924. The van der Waals surface area contributed by atoms with Crippen LogP contribution in [-0.4, -0.2) is 35.8 Å². The van der Waals surface area contributed by atoms with Crippen LogP contribution < -0.4 is 16.4 Å². The van der Waals surface area contributed by atoms with Gasteiger partial charge in [0.25, 0.3) is 11.8 Å². The molecule has 29 heavy (non-hydrogen) atoms. The number of carbonyl (C=O) groups excluding carboxylic acids is 4. The van der Waals surface area contributed by atoms with Gasteiger partial charge in [0.2, 0.25) is 5.91 Å². The van der Waals surface area contributed by atoms with Crippen LogP contribution in [0.2, 0.25) is 0 Å². The molecule has 2 unspecified atom stereocenters. The Morgan fingerprint density at radius 3 is 2.21 bits per heavy atom. The summed E-state index contributed by atoms with van der Waals surface area (Å²) < 4.78 is 5.13. The van der Waals surface area contributed by atoms with Gasteiger partial charge in [-0.3, -0.25) is 14.4 Å². The van der Waals surface area contributed by atoms with Gasteiger partial charge in [-0.2, -0.15) is 0 Å². The summed E-state index contributed by atoms with van der Waals surface area (Å²) in [5.41, 5.74) is 7.23. The van der Waals surface area contributed by atoms with Gasteiger partial charge in [-0.15, -0.1) is 0 Å². The second-order valence-corrected chi connectivity index (χ2v) is 6.57. The molecule has 0 radical (unpaired) electrons. The molecule has 0 bridgehead atoms. The van der Waals surface area contributed by atoms with Gasteiger partial charge in [0.1, 0.15) is 6.04 Å². The van der Waals surface area contributed by atoms with Crippen molar-refractivity contribution >= 4 is 29.4 Å². The summed E-state index contributed by atoms with van der Waals surface area (Å²) in [4.78, 5) is 47.7. The number of hydrogen-bond donors (Lipinski definition) is 3. The van der Waals surface area contributed by atoms with Crippen LogP contribution in [0.3, 0.4) is 0 Å². The zero-order valence-corrected chi connectivity index (χ0v) is 16.4. The molecule has 0 spiro atoms. The van der Waals surface area contributed by atoms with Crippen molar-refractivity contribution in [3.63, 3.8) is 0 Å². The number of hydrogen-bond acceptors (Lipinski definition) is 5. The highest BCUT2D eigenvalue weighted by Crippen LogP contribution is 2.11. The third-order valence-electron chi connectivity index (χ3n) is 4.08. The number of rotatable bonds is 7. The largest absolute Gasteiger partial charge is 0.451 e. The van der Waals surface area contributed by atoms with Crippen LogP contribution in [-0.2, 0) is 14.3 Å². The molecular weight excluding hydrogens is 374 g/mol. The van der Waals surface area contributed by atoms with E-state index in [1.54, 1.807) is 18.2 Å². The summed E-state index contributed by atoms with van der Waals surface area (Å²) >= 11 is 0. The van der Waals surface area contributed by atoms with Gasteiger partial charge in [-0.25, -0.2) is 4.79 Å². The average molecular weight is 397 g/mol. The van der Waals surface area contributed by atoms with E-state index in [1.165, 1.54) is 38.1 Å². The molecule has 0 fully saturated rings. The molecule has 4 N–H and O–H groups in total. The first-order valence-corrected chi connectivity index (χ1v) is 8.96. The van der Waals surface area contributed by atoms with Crippen molar-refractivity contribution in [3.8, 4) is 0 Å². The molecule has 8 nitrogen and oxygen atoms in total. The number of benzene rings is 2. The summed E-state index contributed by atoms with van der Waals surface area (Å²) in [7, 11) is 0. The molecule has 0 saturated heterocycles. The maximum atomic E-state index is 12.2. The van der Waals surface area contributed by atoms with Gasteiger partial charge in [-0.05, 0) is 57.2 Å². The Balaban J connectivity index is 1.88. The monoisotopic (exact) mass is 397 g/mol. The number of nitrogens with one attached hydrogen (secondary N) is 2. The molecule has 0 aliphatic heterocycles. The second-order valence-electron chi connectivity index (χ2n) is 6.57. The minimum atomic E-state index is -1.09. The van der Waals surface area contributed by atoms with Crippen LogP contribution in [0.15, 0.2) is 48.5 Å². The molecule has 2 aromatic carbocycles. The predicted molar refractivity (Wildman–Crippen MR) is 107 cm³/mol. The molecular formula is C21H23N3O5. The first kappa shape index (κ1) is 21.6. The number of primary amides is 1. The predicted octanol–water partition coefficient (Wildman–Crippen LogP) is 1.78. The van der Waals surface area contributed by atoms with E-state index in [0.29, 0.717) is 16.8 Å². The minimum Gasteiger partial charge on any atom is -0.451 e. The molecule has 2 aromatic rings. The summed E-state index contributed by atoms with van der Waals surface area (Å²) in [5.74, 6) is -2.28. The summed E-state index contributed by atoms with van der Waals surface area (Å²) in [6.07, 6.45) is -1.09. The van der Waals surface area contributed by atoms with Crippen LogP contribution in [0.1, 0.15) is 40.1 Å². The molecule has 2 atom stereocenters. The van der Waals surface area contributed by atoms with Crippen LogP contribution in [0.4, 0.5) is 5.69 Å². The first-order valence-electron chi connectivity index (χ1n) is 8.96. The van der Waals surface area contributed by atoms with Crippen LogP contribution in [0.25, 0.3) is 0 Å². The highest BCUT2D eigenvalue weighted by molar-refractivity contribution is 5.98. The number of anilines is 1. The lowest BCUT2D eigenvalue weighted by Crippen LogP contribution is -2.42. The molecule has 3 amide bonds. The third-order valence-corrected chi connectivity index (χ3v) is 4.08. The number of amides is 3. The van der Waals surface area contributed by atoms with Crippen molar-refractivity contribution in [2.45, 2.75) is 32.9 Å². The van der Waals surface area contributed by atoms with Gasteiger partial charge < -0.3 is 21.1 Å². The molecule has 0 aromatic heterocycles. The third kappa shape index (κ3) is 6.17. The highest BCUT2D eigenvalue weighted by Gasteiger charge is 2.23. The Kier molecular flexibility index (Phi) is 7.08. The topological polar surface area (TPSA) is 128 Å². The fraction of sp³-hybridized carbons (Fsp3) is 0.238.